The molecule has 38 heteroatoms. The molecule has 2 aromatic carbocycles. The van der Waals surface area contributed by atoms with Gasteiger partial charge in [-0.2, -0.15) is 4.98 Å². The van der Waals surface area contributed by atoms with Gasteiger partial charge in [0.25, 0.3) is 35.4 Å². The number of pyridine rings is 6. The minimum Gasteiger partial charge on any atom is -0.443 e. The molecular formula is C92H99F4N21O12S. The standard InChI is InChI=1S/C24H28FN5O4S.C23H25FN6O3.C23H25FN4O3.C22H21FN6O2/c1-24(25)7-12-29(13-8-24)23(32)19-14-17-6-11-30(21(17)27-16-19)20-5-3-4-18(15-20)22(31)26-9-10-28-35(2,33)34;1-23(24)3-6-28(7-4-23)21(31)16-8-15-2-5-29(20(15)27-11-16)17-9-18(13-26-12-17)30-14-19(10-25)33-22(30)32;1-23(24)6-10-27(11-7-23)22(31)18-13-16-5-9-28(20(16)26-15-18)19-4-2-3-17(14-19)21(30)25-8-12-29;1-14-26-19(27-31-14)16-10-18(13-24-11-16)29-6-3-15-9-17(12-25-20(15)29)21(30)28-7-4-22(2,23)5-8-28/h3-6,11,14-16,28H,7-10,12-13H2,1-2H3,(H,26,31);2,5,8-9,11-13,19H,3-4,6-7,10,14,25H2,1H3;2-5,9,13-15,29H,6-8,10-12H2,1H3,(H,25,30);3,6,9-13H,4-5,7-8H2,1-2H3/t;19-;;/m.1../s1. The Morgan fingerprint density at radius 2 is 0.831 bits per heavy atom. The van der Waals surface area contributed by atoms with Crippen LogP contribution in [0, 0.1) is 6.92 Å². The maximum absolute atomic E-state index is 14.1. The molecule has 0 aliphatic carbocycles. The van der Waals surface area contributed by atoms with Gasteiger partial charge in [-0.25, -0.2) is 55.4 Å². The molecule has 678 valence electrons. The number of sulfonamides is 1. The van der Waals surface area contributed by atoms with Crippen LogP contribution in [0.2, 0.25) is 0 Å². The molecule has 18 rings (SSSR count). The summed E-state index contributed by atoms with van der Waals surface area (Å²) >= 11 is 0. The van der Waals surface area contributed by atoms with E-state index in [0.29, 0.717) is 189 Å². The number of cyclic esters (lactones) is 1. The fraction of sp³-hybridized carbons (Fsp3) is 0.359. The number of alkyl halides is 4. The van der Waals surface area contributed by atoms with Gasteiger partial charge in [-0.15, -0.1) is 0 Å². The van der Waals surface area contributed by atoms with E-state index in [1.807, 2.05) is 97.7 Å². The molecule has 0 bridgehead atoms. The third-order valence-electron chi connectivity index (χ3n) is 23.6. The largest absolute Gasteiger partial charge is 0.443 e. The highest BCUT2D eigenvalue weighted by atomic mass is 32.2. The molecule has 0 spiro atoms. The number of benzene rings is 2. The topological polar surface area (TPSA) is 397 Å². The van der Waals surface area contributed by atoms with Gasteiger partial charge in [0.1, 0.15) is 51.4 Å². The first-order chi connectivity index (χ1) is 62.1. The number of hydrogen-bond donors (Lipinski definition) is 5. The van der Waals surface area contributed by atoms with Crippen molar-refractivity contribution < 1.29 is 73.9 Å². The first-order valence-corrected chi connectivity index (χ1v) is 44.6. The lowest BCUT2D eigenvalue weighted by Crippen LogP contribution is -2.43. The van der Waals surface area contributed by atoms with Crippen molar-refractivity contribution in [2.75, 3.05) is 103 Å². The fourth-order valence-corrected chi connectivity index (χ4v) is 16.3. The van der Waals surface area contributed by atoms with Crippen molar-refractivity contribution in [3.8, 4) is 34.1 Å². The molecule has 0 radical (unpaired) electrons. The molecule has 0 unspecified atom stereocenters. The lowest BCUT2D eigenvalue weighted by Gasteiger charge is -2.34. The number of nitrogens with two attached hydrogens (primary N) is 1. The Labute approximate surface area is 745 Å². The minimum absolute atomic E-state index is 0.0992. The number of carbonyl (C=O) groups is 7. The maximum Gasteiger partial charge on any atom is 0.414 e. The number of anilines is 1. The van der Waals surface area contributed by atoms with Crippen LogP contribution in [-0.4, -0.2) is 260 Å². The number of likely N-dealkylation sites (tertiary alicyclic amines) is 4. The van der Waals surface area contributed by atoms with Crippen LogP contribution in [0.3, 0.4) is 0 Å². The SMILES string of the molecule is CC1(F)CCN(C(=O)c2cnc3c(ccn3-c3cccc(C(=O)NCCNS(C)(=O)=O)c3)c2)CC1.CC1(F)CCN(C(=O)c2cnc3c(ccn3-c3cccc(C(=O)NCCO)c3)c2)CC1.CC1(F)CCN(C(=O)c2cnc3c(ccn3-c3cncc(N4C[C@@H](CN)OC4=O)c3)c2)CC1.Cc1nc(-c2cncc(-n3ccc4cc(C(=O)N5CCC(C)(F)CC5)cnc43)c2)no1. The van der Waals surface area contributed by atoms with E-state index in [9.17, 15) is 59.5 Å². The number of aromatic nitrogens is 12. The third kappa shape index (κ3) is 21.5. The van der Waals surface area contributed by atoms with Crippen molar-refractivity contribution in [3.05, 3.63) is 223 Å². The molecule has 130 heavy (non-hydrogen) atoms. The Morgan fingerprint density at radius 1 is 0.469 bits per heavy atom. The van der Waals surface area contributed by atoms with E-state index in [1.165, 1.54) is 11.1 Å². The zero-order valence-corrected chi connectivity index (χ0v) is 73.3. The number of halogens is 4. The van der Waals surface area contributed by atoms with Crippen molar-refractivity contribution in [1.29, 1.82) is 0 Å². The summed E-state index contributed by atoms with van der Waals surface area (Å²) < 4.78 is 98.5. The summed E-state index contributed by atoms with van der Waals surface area (Å²) in [7, 11) is -3.31. The number of aliphatic hydroxyl groups is 1. The number of rotatable bonds is 19. The quantitative estimate of drug-likeness (QED) is 0.0371. The Bertz CT molecular complexity index is 6510. The molecule has 11 aromatic heterocycles. The molecule has 0 saturated carbocycles. The van der Waals surface area contributed by atoms with Gasteiger partial charge in [0.2, 0.25) is 21.7 Å². The van der Waals surface area contributed by atoms with Crippen LogP contribution in [0.5, 0.6) is 0 Å². The molecule has 7 amide bonds. The zero-order valence-electron chi connectivity index (χ0n) is 72.5. The summed E-state index contributed by atoms with van der Waals surface area (Å²) in [5.74, 6) is -0.200. The van der Waals surface area contributed by atoms with Crippen molar-refractivity contribution in [2.45, 2.75) is 115 Å². The second kappa shape index (κ2) is 38.3. The van der Waals surface area contributed by atoms with Gasteiger partial charge in [-0.1, -0.05) is 17.3 Å². The number of nitrogens with zero attached hydrogens (tertiary/aromatic N) is 17. The predicted molar refractivity (Wildman–Crippen MR) is 478 cm³/mol. The summed E-state index contributed by atoms with van der Waals surface area (Å²) in [6.07, 6.45) is 23.2. The van der Waals surface area contributed by atoms with Crippen LogP contribution < -0.4 is 26.0 Å². The molecule has 13 aromatic rings. The highest BCUT2D eigenvalue weighted by Crippen LogP contribution is 2.35. The number of aryl methyl sites for hydroxylation is 1. The molecular weight excluding hydrogens is 1700 g/mol. The van der Waals surface area contributed by atoms with Gasteiger partial charge in [-0.3, -0.25) is 52.8 Å². The van der Waals surface area contributed by atoms with Crippen LogP contribution in [0.1, 0.15) is 147 Å². The number of piperidine rings is 4. The van der Waals surface area contributed by atoms with Crippen LogP contribution in [-0.2, 0) is 14.8 Å². The lowest BCUT2D eigenvalue weighted by atomic mass is 9.95. The number of aliphatic hydroxyl groups excluding tert-OH is 1. The number of nitrogens with one attached hydrogen (secondary N) is 3. The van der Waals surface area contributed by atoms with E-state index in [1.54, 1.807) is 152 Å². The maximum atomic E-state index is 14.1. The Hall–Kier alpha value is -13.7. The monoisotopic (exact) mass is 1800 g/mol. The molecule has 33 nitrogen and oxygen atoms in total. The molecule has 16 heterocycles. The molecule has 5 aliphatic rings. The Balaban J connectivity index is 0.000000133. The van der Waals surface area contributed by atoms with Gasteiger partial charge >= 0.3 is 6.09 Å². The normalized spacial score (nSPS) is 17.0. The zero-order chi connectivity index (χ0) is 92.0. The number of fused-ring (bicyclic) bond motifs is 4. The highest BCUT2D eigenvalue weighted by molar-refractivity contribution is 7.88. The average Bonchev–Trinajstić information content (AvgIpc) is 1.62. The van der Waals surface area contributed by atoms with Gasteiger partial charge in [0, 0.05) is 191 Å². The summed E-state index contributed by atoms with van der Waals surface area (Å²) in [5.41, 5.74) is 10.6. The van der Waals surface area contributed by atoms with E-state index in [0.717, 1.165) is 50.4 Å². The minimum atomic E-state index is -3.31. The lowest BCUT2D eigenvalue weighted by molar-refractivity contribution is 0.0493. The molecule has 1 atom stereocenters. The van der Waals surface area contributed by atoms with Gasteiger partial charge in [-0.05, 0) is 176 Å². The molecule has 5 aliphatic heterocycles. The van der Waals surface area contributed by atoms with Crippen LogP contribution in [0.25, 0.3) is 78.3 Å². The first kappa shape index (κ1) is 91.0. The first-order valence-electron chi connectivity index (χ1n) is 42.7. The third-order valence-corrected chi connectivity index (χ3v) is 24.4. The average molecular weight is 1800 g/mol. The number of carbonyl (C=O) groups excluding carboxylic acids is 7. The van der Waals surface area contributed by atoms with Crippen molar-refractivity contribution in [1.82, 2.24) is 93.3 Å². The second-order valence-corrected chi connectivity index (χ2v) is 35.8. The smallest absolute Gasteiger partial charge is 0.414 e. The summed E-state index contributed by atoms with van der Waals surface area (Å²) in [6, 6.07) is 32.5. The van der Waals surface area contributed by atoms with E-state index in [4.69, 9.17) is 20.1 Å². The summed E-state index contributed by atoms with van der Waals surface area (Å²) in [4.78, 5) is 127. The van der Waals surface area contributed by atoms with Crippen LogP contribution >= 0.6 is 0 Å². The molecule has 5 saturated heterocycles. The fourth-order valence-electron chi connectivity index (χ4n) is 15.9. The van der Waals surface area contributed by atoms with E-state index < -0.39 is 38.8 Å². The molecule has 6 N–H and O–H groups in total. The van der Waals surface area contributed by atoms with Crippen molar-refractivity contribution >= 4 is 101 Å². The van der Waals surface area contributed by atoms with Crippen molar-refractivity contribution in [2.24, 2.45) is 5.73 Å². The van der Waals surface area contributed by atoms with E-state index >= 15 is 0 Å². The number of amides is 7. The van der Waals surface area contributed by atoms with Crippen LogP contribution in [0.15, 0.2) is 188 Å². The van der Waals surface area contributed by atoms with E-state index in [2.05, 4.69) is 55.4 Å². The van der Waals surface area contributed by atoms with Gasteiger partial charge in [0.05, 0.1) is 77.3 Å². The van der Waals surface area contributed by atoms with Gasteiger partial charge < -0.3 is 59.5 Å². The van der Waals surface area contributed by atoms with E-state index in [-0.39, 0.29) is 74.3 Å². The van der Waals surface area contributed by atoms with Crippen molar-refractivity contribution in [3.63, 3.8) is 0 Å². The predicted octanol–water partition coefficient (Wildman–Crippen LogP) is 11.4. The molecule has 5 fully saturated rings. The Kier molecular flexibility index (Phi) is 26.8. The summed E-state index contributed by atoms with van der Waals surface area (Å²) in [5, 5.41) is 21.3. The highest BCUT2D eigenvalue weighted by Gasteiger charge is 2.38. The number of ether oxygens (including phenoxy) is 1. The van der Waals surface area contributed by atoms with Crippen LogP contribution in [0.4, 0.5) is 28.0 Å². The second-order valence-electron chi connectivity index (χ2n) is 33.9. The number of hydrogen-bond acceptors (Lipinski definition) is 21. The summed E-state index contributed by atoms with van der Waals surface area (Å²) in [6.45, 7) is 12.2. The Morgan fingerprint density at radius 3 is 1.18 bits per heavy atom. The van der Waals surface area contributed by atoms with Gasteiger partial charge in [0.15, 0.2) is 0 Å².